The molecule has 2 heterocycles. The summed E-state index contributed by atoms with van der Waals surface area (Å²) in [6, 6.07) is 7.38. The number of carbonyl (C=O) groups is 2. The summed E-state index contributed by atoms with van der Waals surface area (Å²) in [5, 5.41) is 20.0. The van der Waals surface area contributed by atoms with Gasteiger partial charge in [-0.1, -0.05) is 24.3 Å². The highest BCUT2D eigenvalue weighted by molar-refractivity contribution is 6.05. The number of benzene rings is 1. The van der Waals surface area contributed by atoms with Crippen LogP contribution in [0.15, 0.2) is 36.4 Å². The third-order valence-corrected chi connectivity index (χ3v) is 6.11. The fourth-order valence-electron chi connectivity index (χ4n) is 4.55. The van der Waals surface area contributed by atoms with Gasteiger partial charge in [-0.05, 0) is 31.5 Å². The predicted octanol–water partition coefficient (Wildman–Crippen LogP) is 0.826. The molecule has 0 radical (unpaired) electrons. The monoisotopic (exact) mass is 385 g/mol. The van der Waals surface area contributed by atoms with Gasteiger partial charge in [0.2, 0.25) is 11.8 Å². The van der Waals surface area contributed by atoms with Crippen molar-refractivity contribution in [2.75, 3.05) is 44.2 Å². The van der Waals surface area contributed by atoms with Crippen LogP contribution in [-0.2, 0) is 9.59 Å². The van der Waals surface area contributed by atoms with E-state index in [0.717, 1.165) is 44.8 Å². The number of hydrogen-bond donors (Lipinski definition) is 2. The van der Waals surface area contributed by atoms with Crippen LogP contribution in [0.1, 0.15) is 12.8 Å². The number of aromatic hydroxyl groups is 1. The van der Waals surface area contributed by atoms with E-state index >= 15 is 0 Å². The zero-order valence-corrected chi connectivity index (χ0v) is 15.9. The van der Waals surface area contributed by atoms with E-state index in [1.54, 1.807) is 18.2 Å². The number of para-hydroxylation sites is 2. The summed E-state index contributed by atoms with van der Waals surface area (Å²) in [4.78, 5) is 30.9. The molecular formula is C21H27N3O4. The van der Waals surface area contributed by atoms with Crippen LogP contribution in [0.4, 0.5) is 5.69 Å². The lowest BCUT2D eigenvalue weighted by atomic mass is 9.83. The van der Waals surface area contributed by atoms with Crippen molar-refractivity contribution in [1.82, 2.24) is 9.80 Å². The molecule has 7 heteroatoms. The second-order valence-electron chi connectivity index (χ2n) is 7.79. The number of hydrogen-bond acceptors (Lipinski definition) is 6. The number of piperazine rings is 1. The normalized spacial score (nSPS) is 28.1. The third-order valence-electron chi connectivity index (χ3n) is 6.11. The minimum absolute atomic E-state index is 0.136. The smallest absolute Gasteiger partial charge is 0.236 e. The van der Waals surface area contributed by atoms with Crippen molar-refractivity contribution in [3.63, 3.8) is 0 Å². The number of carbonyl (C=O) groups excluding carboxylic acids is 2. The maximum absolute atomic E-state index is 12.5. The lowest BCUT2D eigenvalue weighted by molar-refractivity contribution is -0.140. The summed E-state index contributed by atoms with van der Waals surface area (Å²) >= 11 is 0. The Morgan fingerprint density at radius 2 is 1.75 bits per heavy atom. The van der Waals surface area contributed by atoms with Crippen molar-refractivity contribution < 1.29 is 19.8 Å². The Kier molecular flexibility index (Phi) is 5.37. The molecule has 2 N–H and O–H groups in total. The highest BCUT2D eigenvalue weighted by Gasteiger charge is 2.50. The molecule has 1 aromatic carbocycles. The zero-order chi connectivity index (χ0) is 19.7. The van der Waals surface area contributed by atoms with Crippen molar-refractivity contribution in [3.8, 4) is 5.75 Å². The number of anilines is 1. The number of phenolic OH excluding ortho intramolecular Hbond substituents is 1. The first kappa shape index (κ1) is 19.0. The van der Waals surface area contributed by atoms with Crippen LogP contribution in [-0.4, -0.2) is 77.2 Å². The molecule has 0 bridgehead atoms. The molecule has 7 nitrogen and oxygen atoms in total. The number of phenols is 1. The van der Waals surface area contributed by atoms with Gasteiger partial charge in [-0.25, -0.2) is 0 Å². The standard InChI is InChI=1S/C21H27N3O4/c25-17-7-2-1-6-16(17)23-13-11-22(12-14-23)9-4-10-24-20(27)15-5-3-8-18(26)19(15)21(24)28/h1-3,6-8,15,18-19,25-26H,4-5,9-14H2. The molecule has 3 aliphatic rings. The fraction of sp³-hybridized carbons (Fsp3) is 0.524. The Hall–Kier alpha value is -2.38. The van der Waals surface area contributed by atoms with Crippen molar-refractivity contribution in [1.29, 1.82) is 0 Å². The predicted molar refractivity (Wildman–Crippen MR) is 105 cm³/mol. The van der Waals surface area contributed by atoms with Crippen LogP contribution >= 0.6 is 0 Å². The Labute approximate surface area is 164 Å². The van der Waals surface area contributed by atoms with Crippen molar-refractivity contribution in [2.45, 2.75) is 18.9 Å². The van der Waals surface area contributed by atoms with Gasteiger partial charge in [0.15, 0.2) is 0 Å². The van der Waals surface area contributed by atoms with Gasteiger partial charge in [0.25, 0.3) is 0 Å². The highest BCUT2D eigenvalue weighted by Crippen LogP contribution is 2.35. The lowest BCUT2D eigenvalue weighted by Crippen LogP contribution is -2.47. The highest BCUT2D eigenvalue weighted by atomic mass is 16.3. The molecule has 1 aromatic rings. The molecule has 3 atom stereocenters. The second-order valence-corrected chi connectivity index (χ2v) is 7.79. The van der Waals surface area contributed by atoms with Crippen LogP contribution in [0.25, 0.3) is 0 Å². The number of aliphatic hydroxyl groups excluding tert-OH is 1. The van der Waals surface area contributed by atoms with Gasteiger partial charge in [-0.15, -0.1) is 0 Å². The molecule has 28 heavy (non-hydrogen) atoms. The topological polar surface area (TPSA) is 84.3 Å². The summed E-state index contributed by atoms with van der Waals surface area (Å²) in [5.74, 6) is -1.05. The summed E-state index contributed by atoms with van der Waals surface area (Å²) in [6.07, 6.45) is 3.85. The molecule has 2 fully saturated rings. The van der Waals surface area contributed by atoms with E-state index in [9.17, 15) is 19.8 Å². The number of rotatable bonds is 5. The average Bonchev–Trinajstić information content (AvgIpc) is 2.95. The quantitative estimate of drug-likeness (QED) is 0.577. The van der Waals surface area contributed by atoms with Gasteiger partial charge < -0.3 is 15.1 Å². The molecule has 2 aliphatic heterocycles. The molecule has 150 valence electrons. The summed E-state index contributed by atoms with van der Waals surface area (Å²) < 4.78 is 0. The van der Waals surface area contributed by atoms with Gasteiger partial charge in [0.1, 0.15) is 5.75 Å². The molecule has 0 aromatic heterocycles. The minimum atomic E-state index is -0.845. The lowest BCUT2D eigenvalue weighted by Gasteiger charge is -2.36. The number of amides is 2. The van der Waals surface area contributed by atoms with E-state index in [4.69, 9.17) is 0 Å². The van der Waals surface area contributed by atoms with Crippen LogP contribution in [0.3, 0.4) is 0 Å². The fourth-order valence-corrected chi connectivity index (χ4v) is 4.55. The molecule has 2 amide bonds. The molecule has 4 rings (SSSR count). The van der Waals surface area contributed by atoms with Gasteiger partial charge in [0.05, 0.1) is 23.6 Å². The number of fused-ring (bicyclic) bond motifs is 1. The summed E-state index contributed by atoms with van der Waals surface area (Å²) in [7, 11) is 0. The Bertz CT molecular complexity index is 773. The van der Waals surface area contributed by atoms with Gasteiger partial charge in [-0.2, -0.15) is 0 Å². The number of imide groups is 1. The first-order valence-electron chi connectivity index (χ1n) is 10.0. The van der Waals surface area contributed by atoms with Crippen LogP contribution in [0, 0.1) is 11.8 Å². The van der Waals surface area contributed by atoms with Crippen LogP contribution in [0.2, 0.25) is 0 Å². The maximum Gasteiger partial charge on any atom is 0.236 e. The van der Waals surface area contributed by atoms with Crippen molar-refractivity contribution in [3.05, 3.63) is 36.4 Å². The minimum Gasteiger partial charge on any atom is -0.506 e. The van der Waals surface area contributed by atoms with E-state index in [1.165, 1.54) is 4.90 Å². The van der Waals surface area contributed by atoms with Gasteiger partial charge in [-0.3, -0.25) is 19.4 Å². The average molecular weight is 385 g/mol. The first-order valence-corrected chi connectivity index (χ1v) is 10.0. The zero-order valence-electron chi connectivity index (χ0n) is 15.9. The number of aliphatic hydroxyl groups is 1. The van der Waals surface area contributed by atoms with Crippen molar-refractivity contribution in [2.24, 2.45) is 11.8 Å². The Morgan fingerprint density at radius 1 is 1.00 bits per heavy atom. The van der Waals surface area contributed by atoms with E-state index in [-0.39, 0.29) is 11.8 Å². The molecular weight excluding hydrogens is 358 g/mol. The SMILES string of the molecule is O=C1C2CC=CC(O)C2C(=O)N1CCCN1CCN(c2ccccc2O)CC1. The molecule has 0 spiro atoms. The van der Waals surface area contributed by atoms with Crippen molar-refractivity contribution >= 4 is 17.5 Å². The maximum atomic E-state index is 12.5. The molecule has 1 aliphatic carbocycles. The Balaban J connectivity index is 1.25. The van der Waals surface area contributed by atoms with E-state index in [2.05, 4.69) is 9.80 Å². The molecule has 2 saturated heterocycles. The summed E-state index contributed by atoms with van der Waals surface area (Å²) in [5.41, 5.74) is 0.866. The molecule has 3 unspecified atom stereocenters. The van der Waals surface area contributed by atoms with Crippen LogP contribution < -0.4 is 4.90 Å². The van der Waals surface area contributed by atoms with E-state index < -0.39 is 17.9 Å². The molecule has 0 saturated carbocycles. The van der Waals surface area contributed by atoms with E-state index in [1.807, 2.05) is 18.2 Å². The van der Waals surface area contributed by atoms with Gasteiger partial charge >= 0.3 is 0 Å². The number of nitrogens with zero attached hydrogens (tertiary/aromatic N) is 3. The van der Waals surface area contributed by atoms with Crippen LogP contribution in [0.5, 0.6) is 5.75 Å². The van der Waals surface area contributed by atoms with Gasteiger partial charge in [0, 0.05) is 32.7 Å². The number of likely N-dealkylation sites (tertiary alicyclic amines) is 1. The third kappa shape index (κ3) is 3.52. The second kappa shape index (κ2) is 7.93. The summed E-state index contributed by atoms with van der Waals surface area (Å²) in [6.45, 7) is 4.66. The largest absolute Gasteiger partial charge is 0.506 e. The Morgan fingerprint density at radius 3 is 2.46 bits per heavy atom. The van der Waals surface area contributed by atoms with E-state index in [0.29, 0.717) is 18.7 Å². The first-order chi connectivity index (χ1) is 13.6. The number of allylic oxidation sites excluding steroid dienone is 1.